The van der Waals surface area contributed by atoms with Crippen LogP contribution in [0.4, 0.5) is 10.7 Å². The number of rotatable bonds is 14. The van der Waals surface area contributed by atoms with Gasteiger partial charge < -0.3 is 30.2 Å². The second-order valence-electron chi connectivity index (χ2n) is 13.0. The van der Waals surface area contributed by atoms with Crippen LogP contribution in [0.3, 0.4) is 0 Å². The van der Waals surface area contributed by atoms with Crippen LogP contribution in [0, 0.1) is 0 Å². The first-order chi connectivity index (χ1) is 27.2. The lowest BCUT2D eigenvalue weighted by molar-refractivity contribution is -0.116. The Labute approximate surface area is 334 Å². The van der Waals surface area contributed by atoms with Gasteiger partial charge in [-0.05, 0) is 97.3 Å². The lowest BCUT2D eigenvalue weighted by Crippen LogP contribution is -2.30. The molecule has 0 fully saturated rings. The highest BCUT2D eigenvalue weighted by atomic mass is 32.2. The third-order valence-corrected chi connectivity index (χ3v) is 12.0. The van der Waals surface area contributed by atoms with E-state index in [9.17, 15) is 19.2 Å². The average molecular weight is 790 g/mol. The lowest BCUT2D eigenvalue weighted by atomic mass is 9.83. The van der Waals surface area contributed by atoms with Crippen molar-refractivity contribution in [2.75, 3.05) is 32.0 Å². The quantitative estimate of drug-likeness (QED) is 0.0579. The van der Waals surface area contributed by atoms with Gasteiger partial charge in [0.25, 0.3) is 11.8 Å². The highest BCUT2D eigenvalue weighted by Gasteiger charge is 2.32. The van der Waals surface area contributed by atoms with E-state index in [1.54, 1.807) is 66.7 Å². The maximum absolute atomic E-state index is 13.9. The summed E-state index contributed by atoms with van der Waals surface area (Å²) in [7, 11) is 4.41. The van der Waals surface area contributed by atoms with E-state index in [2.05, 4.69) is 28.1 Å². The molecule has 4 aromatic carbocycles. The van der Waals surface area contributed by atoms with Gasteiger partial charge in [-0.25, -0.2) is 4.79 Å². The number of esters is 1. The van der Waals surface area contributed by atoms with Crippen LogP contribution in [0.2, 0.25) is 0 Å². The summed E-state index contributed by atoms with van der Waals surface area (Å²) in [5.41, 5.74) is 3.98. The number of benzene rings is 4. The zero-order chi connectivity index (χ0) is 39.6. The van der Waals surface area contributed by atoms with Crippen LogP contribution in [0.5, 0.6) is 11.5 Å². The molecule has 1 aliphatic carbocycles. The summed E-state index contributed by atoms with van der Waals surface area (Å²) in [6.45, 7) is 1.92. The van der Waals surface area contributed by atoms with Crippen molar-refractivity contribution in [1.29, 1.82) is 0 Å². The molecule has 0 bridgehead atoms. The number of nitrogens with one attached hydrogen (secondary N) is 3. The van der Waals surface area contributed by atoms with Crippen molar-refractivity contribution >= 4 is 63.6 Å². The summed E-state index contributed by atoms with van der Waals surface area (Å²) in [5.74, 6) is -0.382. The Hall–Kier alpha value is -5.85. The summed E-state index contributed by atoms with van der Waals surface area (Å²) < 4.78 is 16.1. The normalized spacial score (nSPS) is 14.1. The molecule has 1 aliphatic rings. The molecular weight excluding hydrogens is 747 g/mol. The average Bonchev–Trinajstić information content (AvgIpc) is 3.59. The second kappa shape index (κ2) is 18.7. The van der Waals surface area contributed by atoms with Crippen LogP contribution in [0.25, 0.3) is 6.08 Å². The largest absolute Gasteiger partial charge is 0.497 e. The number of carbonyl (C=O) groups is 4. The number of anilines is 2. The fourth-order valence-electron chi connectivity index (χ4n) is 6.58. The Kier molecular flexibility index (Phi) is 13.3. The monoisotopic (exact) mass is 789 g/mol. The Bertz CT molecular complexity index is 2240. The van der Waals surface area contributed by atoms with Crippen LogP contribution in [-0.4, -0.2) is 50.3 Å². The number of thioether (sulfide) groups is 1. The van der Waals surface area contributed by atoms with Gasteiger partial charge in [0.2, 0.25) is 5.91 Å². The van der Waals surface area contributed by atoms with Crippen molar-refractivity contribution in [1.82, 2.24) is 5.32 Å². The summed E-state index contributed by atoms with van der Waals surface area (Å²) >= 11 is 2.79. The SMILES string of the molecule is CCC(Sc1cccc(NC(=O)/C(=C\c2cc(OC)ccc2OC)NC(=O)c2ccccc2)c1)C(=O)Nc1sc2c(c1C(=O)OC)CCC(c1ccccc1)C2. The Morgan fingerprint density at radius 1 is 0.875 bits per heavy atom. The zero-order valence-corrected chi connectivity index (χ0v) is 33.2. The molecule has 0 spiro atoms. The molecule has 288 valence electrons. The van der Waals surface area contributed by atoms with Crippen molar-refractivity contribution in [3.05, 3.63) is 142 Å². The maximum Gasteiger partial charge on any atom is 0.341 e. The van der Waals surface area contributed by atoms with Gasteiger partial charge in [0.1, 0.15) is 22.2 Å². The third kappa shape index (κ3) is 9.50. The second-order valence-corrected chi connectivity index (χ2v) is 15.4. The van der Waals surface area contributed by atoms with Crippen molar-refractivity contribution in [3.8, 4) is 11.5 Å². The van der Waals surface area contributed by atoms with Gasteiger partial charge in [0.05, 0.1) is 32.1 Å². The number of methoxy groups -OCH3 is 3. The fraction of sp³-hybridized carbons (Fsp3) is 0.227. The molecule has 2 unspecified atom stereocenters. The van der Waals surface area contributed by atoms with Gasteiger partial charge >= 0.3 is 5.97 Å². The summed E-state index contributed by atoms with van der Waals surface area (Å²) in [4.78, 5) is 55.8. The van der Waals surface area contributed by atoms with E-state index in [1.165, 1.54) is 56.1 Å². The first-order valence-electron chi connectivity index (χ1n) is 18.2. The summed E-state index contributed by atoms with van der Waals surface area (Å²) in [6.07, 6.45) is 4.44. The van der Waals surface area contributed by atoms with Gasteiger partial charge in [0.15, 0.2) is 0 Å². The molecule has 6 rings (SSSR count). The minimum absolute atomic E-state index is 0.0237. The molecule has 3 amide bonds. The topological polar surface area (TPSA) is 132 Å². The molecule has 0 aliphatic heterocycles. The van der Waals surface area contributed by atoms with E-state index in [4.69, 9.17) is 14.2 Å². The first-order valence-corrected chi connectivity index (χ1v) is 19.9. The lowest BCUT2D eigenvalue weighted by Gasteiger charge is -2.22. The van der Waals surface area contributed by atoms with Crippen molar-refractivity contribution in [3.63, 3.8) is 0 Å². The van der Waals surface area contributed by atoms with Crippen molar-refractivity contribution < 1.29 is 33.4 Å². The van der Waals surface area contributed by atoms with Gasteiger partial charge in [-0.2, -0.15) is 0 Å². The zero-order valence-electron chi connectivity index (χ0n) is 31.5. The number of carbonyl (C=O) groups excluding carboxylic acids is 4. The van der Waals surface area contributed by atoms with E-state index in [0.29, 0.717) is 51.2 Å². The number of hydrogen-bond donors (Lipinski definition) is 3. The first kappa shape index (κ1) is 39.8. The minimum atomic E-state index is -0.572. The van der Waals surface area contributed by atoms with E-state index in [1.807, 2.05) is 31.2 Å². The van der Waals surface area contributed by atoms with Gasteiger partial charge in [-0.15, -0.1) is 23.1 Å². The number of amides is 3. The van der Waals surface area contributed by atoms with E-state index < -0.39 is 23.0 Å². The molecule has 5 aromatic rings. The number of hydrogen-bond acceptors (Lipinski definition) is 9. The van der Waals surface area contributed by atoms with Crippen LogP contribution >= 0.6 is 23.1 Å². The van der Waals surface area contributed by atoms with E-state index in [0.717, 1.165) is 34.6 Å². The Balaban J connectivity index is 1.19. The summed E-state index contributed by atoms with van der Waals surface area (Å²) in [5, 5.41) is 8.71. The molecule has 1 aromatic heterocycles. The van der Waals surface area contributed by atoms with E-state index in [-0.39, 0.29) is 11.6 Å². The fourth-order valence-corrected chi connectivity index (χ4v) is 8.91. The third-order valence-electron chi connectivity index (χ3n) is 9.46. The summed E-state index contributed by atoms with van der Waals surface area (Å²) in [6, 6.07) is 31.2. The molecule has 3 N–H and O–H groups in total. The number of fused-ring (bicyclic) bond motifs is 1. The molecule has 0 saturated heterocycles. The van der Waals surface area contributed by atoms with Crippen LogP contribution in [-0.2, 0) is 27.2 Å². The van der Waals surface area contributed by atoms with Crippen molar-refractivity contribution in [2.45, 2.75) is 48.7 Å². The number of thiophene rings is 1. The highest BCUT2D eigenvalue weighted by molar-refractivity contribution is 8.00. The molecule has 56 heavy (non-hydrogen) atoms. The Morgan fingerprint density at radius 2 is 1.62 bits per heavy atom. The minimum Gasteiger partial charge on any atom is -0.497 e. The predicted molar refractivity (Wildman–Crippen MR) is 222 cm³/mol. The molecular formula is C44H43N3O7S2. The molecule has 1 heterocycles. The van der Waals surface area contributed by atoms with Gasteiger partial charge in [-0.3, -0.25) is 14.4 Å². The molecule has 2 atom stereocenters. The number of ether oxygens (including phenoxy) is 3. The molecule has 0 radical (unpaired) electrons. The molecule has 10 nitrogen and oxygen atoms in total. The van der Waals surface area contributed by atoms with Crippen LogP contribution < -0.4 is 25.4 Å². The predicted octanol–water partition coefficient (Wildman–Crippen LogP) is 8.74. The highest BCUT2D eigenvalue weighted by Crippen LogP contribution is 2.43. The maximum atomic E-state index is 13.9. The smallest absolute Gasteiger partial charge is 0.341 e. The van der Waals surface area contributed by atoms with Crippen molar-refractivity contribution in [2.24, 2.45) is 0 Å². The molecule has 0 saturated carbocycles. The van der Waals surface area contributed by atoms with Gasteiger partial charge in [0, 0.05) is 26.6 Å². The van der Waals surface area contributed by atoms with Crippen LogP contribution in [0.1, 0.15) is 68.0 Å². The standard InChI is InChI=1S/C44H43N3O7S2/c1-5-37(42(50)47-43-39(44(51)54-4)34-21-19-29(25-38(34)56-43)27-13-8-6-9-14-27)55-33-18-12-17-31(26-33)45-41(49)35(46-40(48)28-15-10-7-11-16-28)24-30-23-32(52-2)20-22-36(30)53-3/h6-18,20,22-24,26,29,37H,5,19,21,25H2,1-4H3,(H,45,49)(H,46,48)(H,47,50)/b35-24+. The van der Waals surface area contributed by atoms with E-state index >= 15 is 0 Å². The van der Waals surface area contributed by atoms with Crippen LogP contribution in [0.15, 0.2) is 114 Å². The Morgan fingerprint density at radius 3 is 2.32 bits per heavy atom. The van der Waals surface area contributed by atoms with Gasteiger partial charge in [-0.1, -0.05) is 61.5 Å². The molecule has 12 heteroatoms.